The number of aromatic nitrogens is 2. The molecule has 1 aromatic heterocycles. The maximum Gasteiger partial charge on any atom is 0.242 e. The molecule has 22 heavy (non-hydrogen) atoms. The van der Waals surface area contributed by atoms with Gasteiger partial charge in [-0.3, -0.25) is 14.4 Å². The van der Waals surface area contributed by atoms with Crippen molar-refractivity contribution in [2.75, 3.05) is 32.8 Å². The lowest BCUT2D eigenvalue weighted by molar-refractivity contribution is -0.146. The zero-order chi connectivity index (χ0) is 15.7. The molecule has 6 nitrogen and oxygen atoms in total. The molecule has 3 rings (SSSR count). The van der Waals surface area contributed by atoms with Crippen LogP contribution in [0.25, 0.3) is 0 Å². The second-order valence-corrected chi connectivity index (χ2v) is 6.58. The van der Waals surface area contributed by atoms with Gasteiger partial charge in [0.1, 0.15) is 0 Å². The number of morpholine rings is 1. The van der Waals surface area contributed by atoms with E-state index in [0.29, 0.717) is 26.3 Å². The highest BCUT2D eigenvalue weighted by atomic mass is 16.5. The Labute approximate surface area is 132 Å². The van der Waals surface area contributed by atoms with Crippen molar-refractivity contribution in [1.29, 1.82) is 0 Å². The zero-order valence-corrected chi connectivity index (χ0v) is 13.8. The Morgan fingerprint density at radius 1 is 1.36 bits per heavy atom. The fraction of sp³-hybridized carbons (Fsp3) is 0.750. The summed E-state index contributed by atoms with van der Waals surface area (Å²) in [6.45, 7) is 8.70. The standard InChI is InChI=1S/C16H26N4O2/c1-13-14(11-17-18(13)3)12-20-6-4-5-16(20,2)15(21)19-7-9-22-10-8-19/h11H,4-10,12H2,1-3H3/t16-/m0/s1. The van der Waals surface area contributed by atoms with Gasteiger partial charge in [0.25, 0.3) is 0 Å². The van der Waals surface area contributed by atoms with Crippen molar-refractivity contribution in [3.05, 3.63) is 17.5 Å². The fourth-order valence-electron chi connectivity index (χ4n) is 3.53. The SMILES string of the molecule is Cc1c(CN2CCC[C@@]2(C)C(=O)N2CCOCC2)cnn1C. The van der Waals surface area contributed by atoms with Crippen LogP contribution in [0.2, 0.25) is 0 Å². The number of carbonyl (C=O) groups is 1. The van der Waals surface area contributed by atoms with Gasteiger partial charge in [0.05, 0.1) is 24.9 Å². The van der Waals surface area contributed by atoms with Crippen LogP contribution in [0.3, 0.4) is 0 Å². The highest BCUT2D eigenvalue weighted by Gasteiger charge is 2.45. The molecule has 2 aliphatic rings. The van der Waals surface area contributed by atoms with Gasteiger partial charge in [-0.05, 0) is 33.2 Å². The van der Waals surface area contributed by atoms with E-state index in [4.69, 9.17) is 4.74 Å². The Hall–Kier alpha value is -1.40. The topological polar surface area (TPSA) is 50.6 Å². The van der Waals surface area contributed by atoms with E-state index < -0.39 is 0 Å². The van der Waals surface area contributed by atoms with E-state index in [1.807, 2.05) is 22.8 Å². The van der Waals surface area contributed by atoms with Crippen LogP contribution in [-0.4, -0.2) is 63.9 Å². The van der Waals surface area contributed by atoms with Crippen LogP contribution in [-0.2, 0) is 23.1 Å². The van der Waals surface area contributed by atoms with Crippen molar-refractivity contribution in [3.63, 3.8) is 0 Å². The van der Waals surface area contributed by atoms with Crippen molar-refractivity contribution >= 4 is 5.91 Å². The average molecular weight is 306 g/mol. The average Bonchev–Trinajstić information content (AvgIpc) is 3.06. The largest absolute Gasteiger partial charge is 0.378 e. The van der Waals surface area contributed by atoms with Crippen molar-refractivity contribution in [2.45, 2.75) is 38.8 Å². The molecule has 0 spiro atoms. The minimum Gasteiger partial charge on any atom is -0.378 e. The van der Waals surface area contributed by atoms with E-state index in [0.717, 1.165) is 25.9 Å². The zero-order valence-electron chi connectivity index (χ0n) is 13.8. The third-order valence-electron chi connectivity index (χ3n) is 5.25. The monoisotopic (exact) mass is 306 g/mol. The smallest absolute Gasteiger partial charge is 0.242 e. The Kier molecular flexibility index (Phi) is 4.23. The Bertz CT molecular complexity index is 550. The lowest BCUT2D eigenvalue weighted by Crippen LogP contribution is -2.56. The maximum atomic E-state index is 13.0. The first kappa shape index (κ1) is 15.5. The molecule has 0 unspecified atom stereocenters. The van der Waals surface area contributed by atoms with E-state index >= 15 is 0 Å². The first-order chi connectivity index (χ1) is 10.5. The number of nitrogens with zero attached hydrogens (tertiary/aromatic N) is 4. The molecule has 2 fully saturated rings. The van der Waals surface area contributed by atoms with E-state index in [1.165, 1.54) is 11.3 Å². The number of amides is 1. The summed E-state index contributed by atoms with van der Waals surface area (Å²) in [4.78, 5) is 17.3. The summed E-state index contributed by atoms with van der Waals surface area (Å²) in [5.74, 6) is 0.259. The number of carbonyl (C=O) groups excluding carboxylic acids is 1. The molecule has 2 saturated heterocycles. The molecule has 0 bridgehead atoms. The van der Waals surface area contributed by atoms with Crippen LogP contribution in [0.15, 0.2) is 6.20 Å². The second kappa shape index (κ2) is 6.01. The van der Waals surface area contributed by atoms with Crippen LogP contribution in [0.5, 0.6) is 0 Å². The molecular weight excluding hydrogens is 280 g/mol. The molecule has 0 radical (unpaired) electrons. The first-order valence-electron chi connectivity index (χ1n) is 8.12. The van der Waals surface area contributed by atoms with E-state index in [9.17, 15) is 4.79 Å². The van der Waals surface area contributed by atoms with E-state index in [1.54, 1.807) is 0 Å². The van der Waals surface area contributed by atoms with Gasteiger partial charge in [0.2, 0.25) is 5.91 Å². The van der Waals surface area contributed by atoms with Crippen LogP contribution in [0.1, 0.15) is 31.0 Å². The van der Waals surface area contributed by atoms with Gasteiger partial charge in [-0.15, -0.1) is 0 Å². The van der Waals surface area contributed by atoms with Gasteiger partial charge in [-0.25, -0.2) is 0 Å². The van der Waals surface area contributed by atoms with Gasteiger partial charge in [0, 0.05) is 37.9 Å². The molecule has 0 N–H and O–H groups in total. The molecule has 6 heteroatoms. The number of hydrogen-bond acceptors (Lipinski definition) is 4. The van der Waals surface area contributed by atoms with Crippen molar-refractivity contribution in [1.82, 2.24) is 19.6 Å². The number of hydrogen-bond donors (Lipinski definition) is 0. The Morgan fingerprint density at radius 3 is 2.73 bits per heavy atom. The van der Waals surface area contributed by atoms with Gasteiger partial charge in [-0.1, -0.05) is 0 Å². The lowest BCUT2D eigenvalue weighted by atomic mass is 9.96. The summed E-state index contributed by atoms with van der Waals surface area (Å²) in [7, 11) is 1.96. The molecule has 2 aliphatic heterocycles. The molecule has 0 saturated carbocycles. The molecule has 1 aromatic rings. The minimum atomic E-state index is -0.389. The molecule has 0 aromatic carbocycles. The molecule has 1 amide bonds. The first-order valence-corrected chi connectivity index (χ1v) is 8.12. The quantitative estimate of drug-likeness (QED) is 0.834. The lowest BCUT2D eigenvalue weighted by Gasteiger charge is -2.39. The third kappa shape index (κ3) is 2.65. The number of ether oxygens (including phenoxy) is 1. The van der Waals surface area contributed by atoms with Crippen molar-refractivity contribution in [3.8, 4) is 0 Å². The molecular formula is C16H26N4O2. The number of aryl methyl sites for hydroxylation is 1. The predicted molar refractivity (Wildman–Crippen MR) is 83.4 cm³/mol. The van der Waals surface area contributed by atoms with Gasteiger partial charge in [-0.2, -0.15) is 5.10 Å². The fourth-order valence-corrected chi connectivity index (χ4v) is 3.53. The minimum absolute atomic E-state index is 0.259. The molecule has 1 atom stereocenters. The van der Waals surface area contributed by atoms with Crippen LogP contribution in [0.4, 0.5) is 0 Å². The number of likely N-dealkylation sites (tertiary alicyclic amines) is 1. The summed E-state index contributed by atoms with van der Waals surface area (Å²) in [5, 5.41) is 4.32. The van der Waals surface area contributed by atoms with Gasteiger partial charge >= 0.3 is 0 Å². The van der Waals surface area contributed by atoms with Gasteiger partial charge in [0.15, 0.2) is 0 Å². The molecule has 3 heterocycles. The highest BCUT2D eigenvalue weighted by Crippen LogP contribution is 2.33. The number of rotatable bonds is 3. The van der Waals surface area contributed by atoms with Crippen LogP contribution < -0.4 is 0 Å². The summed E-state index contributed by atoms with van der Waals surface area (Å²) in [6, 6.07) is 0. The normalized spacial score (nSPS) is 26.6. The summed E-state index contributed by atoms with van der Waals surface area (Å²) < 4.78 is 7.26. The molecule has 122 valence electrons. The Balaban J connectivity index is 1.76. The molecule has 0 aliphatic carbocycles. The van der Waals surface area contributed by atoms with E-state index in [2.05, 4.69) is 23.8 Å². The third-order valence-corrected chi connectivity index (χ3v) is 5.25. The van der Waals surface area contributed by atoms with Crippen LogP contribution >= 0.6 is 0 Å². The predicted octanol–water partition coefficient (Wildman–Crippen LogP) is 0.942. The summed E-state index contributed by atoms with van der Waals surface area (Å²) in [6.07, 6.45) is 3.93. The van der Waals surface area contributed by atoms with Crippen molar-refractivity contribution < 1.29 is 9.53 Å². The highest BCUT2D eigenvalue weighted by molar-refractivity contribution is 5.86. The second-order valence-electron chi connectivity index (χ2n) is 6.58. The summed E-state index contributed by atoms with van der Waals surface area (Å²) >= 11 is 0. The van der Waals surface area contributed by atoms with Crippen LogP contribution in [0, 0.1) is 6.92 Å². The van der Waals surface area contributed by atoms with Crippen molar-refractivity contribution in [2.24, 2.45) is 7.05 Å². The summed E-state index contributed by atoms with van der Waals surface area (Å²) in [5.41, 5.74) is 2.00. The maximum absolute atomic E-state index is 13.0. The van der Waals surface area contributed by atoms with E-state index in [-0.39, 0.29) is 11.4 Å². The Morgan fingerprint density at radius 2 is 2.09 bits per heavy atom. The van der Waals surface area contributed by atoms with Gasteiger partial charge < -0.3 is 9.64 Å².